The Hall–Kier alpha value is -1.59. The molecular formula is C11H15ClN4O. The van der Waals surface area contributed by atoms with Gasteiger partial charge in [0.15, 0.2) is 0 Å². The molecule has 1 aromatic carbocycles. The van der Waals surface area contributed by atoms with Gasteiger partial charge in [0, 0.05) is 23.5 Å². The largest absolute Gasteiger partial charge is 0.330 e. The number of H-pyrrole nitrogens is 1. The van der Waals surface area contributed by atoms with Crippen LogP contribution in [0.3, 0.4) is 0 Å². The summed E-state index contributed by atoms with van der Waals surface area (Å²) in [4.78, 5) is 11.6. The molecule has 1 amide bonds. The molecule has 0 radical (unpaired) electrons. The maximum Gasteiger partial charge on any atom is 0.228 e. The first kappa shape index (κ1) is 13.5. The van der Waals surface area contributed by atoms with Crippen LogP contribution in [0.5, 0.6) is 0 Å². The second-order valence-corrected chi connectivity index (χ2v) is 3.80. The standard InChI is InChI=1S/C11H14N4O.ClH/c1-7(5-12)11(16)14-9-2-3-10-8(4-9)6-13-15-10;/h2-4,6-7H,5,12H2,1H3,(H,13,15)(H,14,16);1H. The Bertz CT molecular complexity index is 511. The second kappa shape index (κ2) is 5.65. The lowest BCUT2D eigenvalue weighted by Crippen LogP contribution is -2.26. The number of nitrogens with one attached hydrogen (secondary N) is 2. The van der Waals surface area contributed by atoms with Crippen LogP contribution >= 0.6 is 12.4 Å². The van der Waals surface area contributed by atoms with E-state index in [1.807, 2.05) is 18.2 Å². The molecule has 2 aromatic rings. The predicted molar refractivity (Wildman–Crippen MR) is 70.2 cm³/mol. The molecule has 0 spiro atoms. The fraction of sp³-hybridized carbons (Fsp3) is 0.273. The number of nitrogens with zero attached hydrogens (tertiary/aromatic N) is 1. The minimum Gasteiger partial charge on any atom is -0.330 e. The highest BCUT2D eigenvalue weighted by atomic mass is 35.5. The monoisotopic (exact) mass is 254 g/mol. The van der Waals surface area contributed by atoms with Gasteiger partial charge < -0.3 is 11.1 Å². The molecule has 0 fully saturated rings. The lowest BCUT2D eigenvalue weighted by molar-refractivity contribution is -0.119. The highest BCUT2D eigenvalue weighted by Crippen LogP contribution is 2.17. The van der Waals surface area contributed by atoms with Crippen LogP contribution in [0.2, 0.25) is 0 Å². The number of carbonyl (C=O) groups is 1. The third-order valence-electron chi connectivity index (χ3n) is 2.51. The fourth-order valence-electron chi connectivity index (χ4n) is 1.39. The Morgan fingerprint density at radius 3 is 3.06 bits per heavy atom. The maximum atomic E-state index is 11.6. The number of hydrogen-bond donors (Lipinski definition) is 3. The number of aromatic nitrogens is 2. The van der Waals surface area contributed by atoms with Crippen LogP contribution in [0, 0.1) is 5.92 Å². The lowest BCUT2D eigenvalue weighted by Gasteiger charge is -2.09. The van der Waals surface area contributed by atoms with E-state index in [0.29, 0.717) is 6.54 Å². The van der Waals surface area contributed by atoms with Gasteiger partial charge in [-0.2, -0.15) is 5.10 Å². The molecule has 2 rings (SSSR count). The van der Waals surface area contributed by atoms with Crippen molar-refractivity contribution in [3.05, 3.63) is 24.4 Å². The Morgan fingerprint density at radius 1 is 1.59 bits per heavy atom. The average molecular weight is 255 g/mol. The lowest BCUT2D eigenvalue weighted by atomic mass is 10.1. The third-order valence-corrected chi connectivity index (χ3v) is 2.51. The van der Waals surface area contributed by atoms with E-state index in [0.717, 1.165) is 16.6 Å². The molecule has 92 valence electrons. The van der Waals surface area contributed by atoms with Crippen molar-refractivity contribution >= 4 is 34.9 Å². The van der Waals surface area contributed by atoms with Crippen LogP contribution in [0.1, 0.15) is 6.92 Å². The number of benzene rings is 1. The van der Waals surface area contributed by atoms with Crippen LogP contribution in [-0.4, -0.2) is 22.6 Å². The number of carbonyl (C=O) groups excluding carboxylic acids is 1. The zero-order valence-electron chi connectivity index (χ0n) is 9.43. The Labute approximate surface area is 105 Å². The van der Waals surface area contributed by atoms with Crippen LogP contribution in [-0.2, 0) is 4.79 Å². The van der Waals surface area contributed by atoms with Crippen LogP contribution in [0.4, 0.5) is 5.69 Å². The van der Waals surface area contributed by atoms with Crippen molar-refractivity contribution in [3.63, 3.8) is 0 Å². The molecule has 1 heterocycles. The van der Waals surface area contributed by atoms with Gasteiger partial charge in [-0.3, -0.25) is 9.89 Å². The summed E-state index contributed by atoms with van der Waals surface area (Å²) in [5.74, 6) is -0.245. The smallest absolute Gasteiger partial charge is 0.228 e. The molecule has 4 N–H and O–H groups in total. The van der Waals surface area contributed by atoms with Crippen molar-refractivity contribution in [2.45, 2.75) is 6.92 Å². The first-order valence-electron chi connectivity index (χ1n) is 5.15. The first-order valence-corrected chi connectivity index (χ1v) is 5.15. The number of anilines is 1. The van der Waals surface area contributed by atoms with E-state index in [1.165, 1.54) is 0 Å². The van der Waals surface area contributed by atoms with Gasteiger partial charge in [-0.1, -0.05) is 6.92 Å². The van der Waals surface area contributed by atoms with Gasteiger partial charge in [0.2, 0.25) is 5.91 Å². The van der Waals surface area contributed by atoms with Gasteiger partial charge in [-0.15, -0.1) is 12.4 Å². The summed E-state index contributed by atoms with van der Waals surface area (Å²) in [6, 6.07) is 5.59. The summed E-state index contributed by atoms with van der Waals surface area (Å²) in [6.45, 7) is 2.14. The summed E-state index contributed by atoms with van der Waals surface area (Å²) in [6.07, 6.45) is 1.72. The molecular weight excluding hydrogens is 240 g/mol. The number of nitrogens with two attached hydrogens (primary N) is 1. The number of aromatic amines is 1. The molecule has 5 nitrogen and oxygen atoms in total. The van der Waals surface area contributed by atoms with E-state index in [1.54, 1.807) is 13.1 Å². The Morgan fingerprint density at radius 2 is 2.35 bits per heavy atom. The van der Waals surface area contributed by atoms with Crippen molar-refractivity contribution in [2.75, 3.05) is 11.9 Å². The van der Waals surface area contributed by atoms with Crippen molar-refractivity contribution in [3.8, 4) is 0 Å². The van der Waals surface area contributed by atoms with Crippen molar-refractivity contribution in [1.29, 1.82) is 0 Å². The van der Waals surface area contributed by atoms with Crippen molar-refractivity contribution in [1.82, 2.24) is 10.2 Å². The number of halogens is 1. The van der Waals surface area contributed by atoms with E-state index >= 15 is 0 Å². The number of hydrogen-bond acceptors (Lipinski definition) is 3. The summed E-state index contributed by atoms with van der Waals surface area (Å²) in [7, 11) is 0. The van der Waals surface area contributed by atoms with Gasteiger partial charge in [-0.25, -0.2) is 0 Å². The minimum atomic E-state index is -0.181. The van der Waals surface area contributed by atoms with Crippen molar-refractivity contribution < 1.29 is 4.79 Å². The maximum absolute atomic E-state index is 11.6. The van der Waals surface area contributed by atoms with Gasteiger partial charge in [-0.05, 0) is 18.2 Å². The molecule has 0 aliphatic heterocycles. The van der Waals surface area contributed by atoms with E-state index in [4.69, 9.17) is 5.73 Å². The van der Waals surface area contributed by atoms with Crippen LogP contribution in [0.25, 0.3) is 10.9 Å². The van der Waals surface area contributed by atoms with E-state index in [9.17, 15) is 4.79 Å². The molecule has 0 saturated heterocycles. The number of rotatable bonds is 3. The molecule has 1 atom stereocenters. The quantitative estimate of drug-likeness (QED) is 0.776. The summed E-state index contributed by atoms with van der Waals surface area (Å²) < 4.78 is 0. The second-order valence-electron chi connectivity index (χ2n) is 3.80. The molecule has 17 heavy (non-hydrogen) atoms. The molecule has 0 saturated carbocycles. The molecule has 0 bridgehead atoms. The van der Waals surface area contributed by atoms with Crippen molar-refractivity contribution in [2.24, 2.45) is 11.7 Å². The van der Waals surface area contributed by atoms with E-state index in [-0.39, 0.29) is 24.2 Å². The molecule has 0 aliphatic carbocycles. The molecule has 0 aliphatic rings. The summed E-state index contributed by atoms with van der Waals surface area (Å²) >= 11 is 0. The minimum absolute atomic E-state index is 0. The molecule has 6 heteroatoms. The average Bonchev–Trinajstić information content (AvgIpc) is 2.75. The SMILES string of the molecule is CC(CN)C(=O)Nc1ccc2[nH]ncc2c1.Cl. The third kappa shape index (κ3) is 2.95. The zero-order chi connectivity index (χ0) is 11.5. The van der Waals surface area contributed by atoms with E-state index in [2.05, 4.69) is 15.5 Å². The highest BCUT2D eigenvalue weighted by Gasteiger charge is 2.10. The van der Waals surface area contributed by atoms with Crippen LogP contribution < -0.4 is 11.1 Å². The van der Waals surface area contributed by atoms with Crippen LogP contribution in [0.15, 0.2) is 24.4 Å². The van der Waals surface area contributed by atoms with Gasteiger partial charge in [0.05, 0.1) is 11.7 Å². The van der Waals surface area contributed by atoms with E-state index < -0.39 is 0 Å². The Balaban J connectivity index is 0.00000144. The first-order chi connectivity index (χ1) is 7.70. The summed E-state index contributed by atoms with van der Waals surface area (Å²) in [5, 5.41) is 10.6. The molecule has 1 unspecified atom stereocenters. The van der Waals surface area contributed by atoms with Gasteiger partial charge >= 0.3 is 0 Å². The normalized spacial score (nSPS) is 11.9. The topological polar surface area (TPSA) is 83.8 Å². The van der Waals surface area contributed by atoms with Gasteiger partial charge in [0.25, 0.3) is 0 Å². The zero-order valence-corrected chi connectivity index (χ0v) is 10.3. The predicted octanol–water partition coefficient (Wildman–Crippen LogP) is 1.52. The number of fused-ring (bicyclic) bond motifs is 1. The van der Waals surface area contributed by atoms with Gasteiger partial charge in [0.1, 0.15) is 0 Å². The Kier molecular flexibility index (Phi) is 4.48. The summed E-state index contributed by atoms with van der Waals surface area (Å²) in [5.41, 5.74) is 7.14. The highest BCUT2D eigenvalue weighted by molar-refractivity contribution is 5.94. The molecule has 1 aromatic heterocycles. The fourth-order valence-corrected chi connectivity index (χ4v) is 1.39. The number of amides is 1.